The van der Waals surface area contributed by atoms with Crippen molar-refractivity contribution in [3.05, 3.63) is 46.1 Å². The van der Waals surface area contributed by atoms with Crippen molar-refractivity contribution in [2.24, 2.45) is 0 Å². The van der Waals surface area contributed by atoms with Crippen LogP contribution in [0.25, 0.3) is 0 Å². The number of anilines is 2. The highest BCUT2D eigenvalue weighted by Crippen LogP contribution is 2.24. The summed E-state index contributed by atoms with van der Waals surface area (Å²) in [5, 5.41) is 12.1. The molecule has 1 N–H and O–H groups in total. The highest BCUT2D eigenvalue weighted by Gasteiger charge is 2.14. The van der Waals surface area contributed by atoms with Gasteiger partial charge in [0.05, 0.1) is 0 Å². The van der Waals surface area contributed by atoms with Gasteiger partial charge in [-0.3, -0.25) is 4.79 Å². The molecule has 1 aromatic heterocycles. The number of carbonyl (C=O) groups is 1. The fraction of sp³-hybridized carbons (Fsp3) is 0.267. The molecule has 0 atom stereocenters. The van der Waals surface area contributed by atoms with Gasteiger partial charge in [-0.15, -0.1) is 10.2 Å². The zero-order chi connectivity index (χ0) is 16.1. The molecular formula is C15H16Cl2N4O. The van der Waals surface area contributed by atoms with Crippen molar-refractivity contribution < 1.29 is 4.79 Å². The summed E-state index contributed by atoms with van der Waals surface area (Å²) in [6.45, 7) is 5.12. The van der Waals surface area contributed by atoms with E-state index in [9.17, 15) is 4.79 Å². The molecule has 0 saturated carbocycles. The molecule has 2 aromatic rings. The molecule has 0 spiro atoms. The Hall–Kier alpha value is -1.85. The lowest BCUT2D eigenvalue weighted by atomic mass is 10.3. The topological polar surface area (TPSA) is 58.1 Å². The van der Waals surface area contributed by atoms with Crippen LogP contribution in [-0.2, 0) is 0 Å². The van der Waals surface area contributed by atoms with Crippen LogP contribution >= 0.6 is 23.2 Å². The first-order chi connectivity index (χ1) is 10.5. The first-order valence-electron chi connectivity index (χ1n) is 6.89. The van der Waals surface area contributed by atoms with Crippen LogP contribution in [0.5, 0.6) is 0 Å². The number of benzene rings is 1. The average Bonchev–Trinajstić information content (AvgIpc) is 2.48. The lowest BCUT2D eigenvalue weighted by Gasteiger charge is -2.17. The third-order valence-corrected chi connectivity index (χ3v) is 3.51. The highest BCUT2D eigenvalue weighted by molar-refractivity contribution is 6.35. The monoisotopic (exact) mass is 338 g/mol. The maximum absolute atomic E-state index is 12.1. The number of carbonyl (C=O) groups excluding carboxylic acids is 1. The molecule has 116 valence electrons. The Balaban J connectivity index is 2.13. The minimum atomic E-state index is -0.130. The Bertz CT molecular complexity index is 637. The molecule has 1 aromatic carbocycles. The summed E-state index contributed by atoms with van der Waals surface area (Å²) in [4.78, 5) is 13.8. The van der Waals surface area contributed by atoms with Crippen molar-refractivity contribution in [2.45, 2.75) is 13.8 Å². The van der Waals surface area contributed by atoms with Gasteiger partial charge in [0.15, 0.2) is 11.5 Å². The van der Waals surface area contributed by atoms with Crippen molar-refractivity contribution in [1.82, 2.24) is 15.1 Å². The summed E-state index contributed by atoms with van der Waals surface area (Å²) in [6.07, 6.45) is 0. The van der Waals surface area contributed by atoms with Crippen LogP contribution in [0.1, 0.15) is 24.3 Å². The second kappa shape index (κ2) is 7.42. The quantitative estimate of drug-likeness (QED) is 0.894. The molecule has 1 heterocycles. The summed E-state index contributed by atoms with van der Waals surface area (Å²) >= 11 is 11.9. The molecule has 5 nitrogen and oxygen atoms in total. The molecule has 2 rings (SSSR count). The normalized spacial score (nSPS) is 10.4. The molecule has 1 amide bonds. The maximum Gasteiger partial charge on any atom is 0.274 e. The van der Waals surface area contributed by atoms with Crippen LogP contribution in [0.3, 0.4) is 0 Å². The van der Waals surface area contributed by atoms with Crippen LogP contribution in [0.2, 0.25) is 10.0 Å². The van der Waals surface area contributed by atoms with Crippen molar-refractivity contribution in [1.29, 1.82) is 0 Å². The van der Waals surface area contributed by atoms with E-state index in [1.54, 1.807) is 35.2 Å². The van der Waals surface area contributed by atoms with Crippen molar-refractivity contribution in [3.8, 4) is 0 Å². The van der Waals surface area contributed by atoms with E-state index in [1.165, 1.54) is 0 Å². The molecule has 0 aliphatic rings. The Kier molecular flexibility index (Phi) is 5.57. The van der Waals surface area contributed by atoms with Crippen molar-refractivity contribution in [2.75, 3.05) is 18.4 Å². The molecule has 0 fully saturated rings. The molecule has 7 heteroatoms. The van der Waals surface area contributed by atoms with E-state index in [0.29, 0.717) is 40.3 Å². The Morgan fingerprint density at radius 1 is 1.09 bits per heavy atom. The minimum absolute atomic E-state index is 0.130. The minimum Gasteiger partial charge on any atom is -0.339 e. The van der Waals surface area contributed by atoms with Gasteiger partial charge in [0, 0.05) is 28.8 Å². The molecular weight excluding hydrogens is 323 g/mol. The number of aromatic nitrogens is 2. The average molecular weight is 339 g/mol. The summed E-state index contributed by atoms with van der Waals surface area (Å²) in [5.41, 5.74) is 1.02. The van der Waals surface area contributed by atoms with E-state index in [-0.39, 0.29) is 5.91 Å². The Morgan fingerprint density at radius 3 is 2.23 bits per heavy atom. The van der Waals surface area contributed by atoms with Crippen molar-refractivity contribution in [3.63, 3.8) is 0 Å². The van der Waals surface area contributed by atoms with Gasteiger partial charge in [-0.05, 0) is 44.2 Å². The van der Waals surface area contributed by atoms with E-state index in [2.05, 4.69) is 15.5 Å². The number of hydrogen-bond acceptors (Lipinski definition) is 4. The molecule has 0 aliphatic carbocycles. The molecule has 0 unspecified atom stereocenters. The second-order valence-corrected chi connectivity index (χ2v) is 5.44. The maximum atomic E-state index is 12.1. The van der Waals surface area contributed by atoms with Gasteiger partial charge >= 0.3 is 0 Å². The van der Waals surface area contributed by atoms with Crippen LogP contribution in [0.15, 0.2) is 30.3 Å². The smallest absolute Gasteiger partial charge is 0.274 e. The summed E-state index contributed by atoms with van der Waals surface area (Å²) in [7, 11) is 0. The number of rotatable bonds is 5. The zero-order valence-corrected chi connectivity index (χ0v) is 13.8. The van der Waals surface area contributed by atoms with Crippen LogP contribution < -0.4 is 5.32 Å². The van der Waals surface area contributed by atoms with E-state index in [4.69, 9.17) is 23.2 Å². The van der Waals surface area contributed by atoms with Gasteiger partial charge in [-0.25, -0.2) is 0 Å². The Labute approximate surface area is 139 Å². The van der Waals surface area contributed by atoms with Crippen molar-refractivity contribution >= 4 is 40.6 Å². The molecule has 0 saturated heterocycles. The summed E-state index contributed by atoms with van der Waals surface area (Å²) in [5.74, 6) is 0.379. The summed E-state index contributed by atoms with van der Waals surface area (Å²) in [6, 6.07) is 8.43. The van der Waals surface area contributed by atoms with Crippen LogP contribution in [-0.4, -0.2) is 34.1 Å². The van der Waals surface area contributed by atoms with E-state index in [1.807, 2.05) is 13.8 Å². The molecule has 0 radical (unpaired) electrons. The third-order valence-electron chi connectivity index (χ3n) is 3.07. The standard InChI is InChI=1S/C15H16Cl2N4O/c1-3-21(4-2)15(22)13-5-6-14(20-19-13)18-12-8-10(16)7-11(17)9-12/h5-9H,3-4H2,1-2H3,(H,18,20). The fourth-order valence-corrected chi connectivity index (χ4v) is 2.49. The van der Waals surface area contributed by atoms with E-state index < -0.39 is 0 Å². The predicted molar refractivity (Wildman–Crippen MR) is 89.0 cm³/mol. The SMILES string of the molecule is CCN(CC)C(=O)c1ccc(Nc2cc(Cl)cc(Cl)c2)nn1. The Morgan fingerprint density at radius 2 is 1.73 bits per heavy atom. The van der Waals surface area contributed by atoms with Gasteiger partial charge in [0.2, 0.25) is 0 Å². The zero-order valence-electron chi connectivity index (χ0n) is 12.3. The van der Waals surface area contributed by atoms with Crippen LogP contribution in [0.4, 0.5) is 11.5 Å². The fourth-order valence-electron chi connectivity index (χ4n) is 1.96. The van der Waals surface area contributed by atoms with Crippen LogP contribution in [0, 0.1) is 0 Å². The predicted octanol–water partition coefficient (Wildman–Crippen LogP) is 4.01. The van der Waals surface area contributed by atoms with Gasteiger partial charge in [0.1, 0.15) is 0 Å². The van der Waals surface area contributed by atoms with Gasteiger partial charge in [-0.1, -0.05) is 23.2 Å². The number of halogens is 2. The lowest BCUT2D eigenvalue weighted by molar-refractivity contribution is 0.0766. The lowest BCUT2D eigenvalue weighted by Crippen LogP contribution is -2.31. The molecule has 22 heavy (non-hydrogen) atoms. The first-order valence-corrected chi connectivity index (χ1v) is 7.65. The number of nitrogens with zero attached hydrogens (tertiary/aromatic N) is 3. The third kappa shape index (κ3) is 4.08. The van der Waals surface area contributed by atoms with Gasteiger partial charge < -0.3 is 10.2 Å². The first kappa shape index (κ1) is 16.5. The number of amides is 1. The van der Waals surface area contributed by atoms with E-state index in [0.717, 1.165) is 0 Å². The summed E-state index contributed by atoms with van der Waals surface area (Å²) < 4.78 is 0. The van der Waals surface area contributed by atoms with E-state index >= 15 is 0 Å². The number of hydrogen-bond donors (Lipinski definition) is 1. The number of nitrogens with one attached hydrogen (secondary N) is 1. The second-order valence-electron chi connectivity index (χ2n) is 4.56. The van der Waals surface area contributed by atoms with Gasteiger partial charge in [0.25, 0.3) is 5.91 Å². The largest absolute Gasteiger partial charge is 0.339 e. The molecule has 0 bridgehead atoms. The highest BCUT2D eigenvalue weighted by atomic mass is 35.5. The molecule has 0 aliphatic heterocycles. The van der Waals surface area contributed by atoms with Gasteiger partial charge in [-0.2, -0.15) is 0 Å².